The predicted octanol–water partition coefficient (Wildman–Crippen LogP) is 2.05. The average Bonchev–Trinajstić information content (AvgIpc) is 3.30. The number of thioether (sulfide) groups is 2. The second-order valence-electron chi connectivity index (χ2n) is 4.83. The molecule has 0 saturated heterocycles. The maximum atomic E-state index is 12.9. The molecule has 9 heteroatoms. The summed E-state index contributed by atoms with van der Waals surface area (Å²) in [7, 11) is 1.22. The lowest BCUT2D eigenvalue weighted by Crippen LogP contribution is -2.33. The normalized spacial score (nSPS) is 14.4. The van der Waals surface area contributed by atoms with Gasteiger partial charge in [-0.15, -0.1) is 0 Å². The van der Waals surface area contributed by atoms with Crippen molar-refractivity contribution in [3.8, 4) is 11.5 Å². The molecule has 0 unspecified atom stereocenters. The molecule has 0 fully saturated rings. The van der Waals surface area contributed by atoms with Gasteiger partial charge in [0.2, 0.25) is 6.79 Å². The summed E-state index contributed by atoms with van der Waals surface area (Å²) >= 11 is 2.55. The smallest absolute Gasteiger partial charge is 0.325 e. The second-order valence-corrected chi connectivity index (χ2v) is 6.92. The highest BCUT2D eigenvalue weighted by Crippen LogP contribution is 2.41. The lowest BCUT2D eigenvalue weighted by atomic mass is 10.0. The molecule has 25 heavy (non-hydrogen) atoms. The number of esters is 1. The Morgan fingerprint density at radius 1 is 1.16 bits per heavy atom. The van der Waals surface area contributed by atoms with Crippen molar-refractivity contribution >= 4 is 41.2 Å². The molecule has 130 valence electrons. The number of hydrogen-bond donors (Lipinski definition) is 1. The van der Waals surface area contributed by atoms with E-state index in [2.05, 4.69) is 10.1 Å². The number of nitrogens with one attached hydrogen (secondary N) is 1. The van der Waals surface area contributed by atoms with Gasteiger partial charge in [0.25, 0.3) is 5.91 Å². The van der Waals surface area contributed by atoms with Crippen LogP contribution in [0.5, 0.6) is 11.5 Å². The van der Waals surface area contributed by atoms with E-state index in [9.17, 15) is 14.4 Å². The van der Waals surface area contributed by atoms with Crippen molar-refractivity contribution in [1.82, 2.24) is 5.32 Å². The Kier molecular flexibility index (Phi) is 5.34. The minimum atomic E-state index is -0.633. The summed E-state index contributed by atoms with van der Waals surface area (Å²) in [6.45, 7) is -0.223. The quantitative estimate of drug-likeness (QED) is 0.273. The van der Waals surface area contributed by atoms with Crippen LogP contribution in [0.1, 0.15) is 10.4 Å². The van der Waals surface area contributed by atoms with Crippen LogP contribution in [0.25, 0.3) is 0 Å². The lowest BCUT2D eigenvalue weighted by molar-refractivity contribution is -0.140. The number of benzene rings is 1. The van der Waals surface area contributed by atoms with Gasteiger partial charge >= 0.3 is 5.97 Å². The molecule has 3 rings (SSSR count). The summed E-state index contributed by atoms with van der Waals surface area (Å²) in [5, 5.41) is 5.97. The number of ether oxygens (including phenoxy) is 3. The number of carbonyl (C=O) groups excluding carboxylic acids is 3. The molecular formula is C16H13NO6S2. The summed E-state index contributed by atoms with van der Waals surface area (Å²) in [6.07, 6.45) is 0. The summed E-state index contributed by atoms with van der Waals surface area (Å²) in [5.74, 6) is -0.689. The zero-order valence-corrected chi connectivity index (χ0v) is 14.7. The van der Waals surface area contributed by atoms with Crippen molar-refractivity contribution in [1.29, 1.82) is 0 Å². The number of Topliss-reactive ketones (excluding diaryl/α,β-unsaturated/α-hetero) is 1. The topological polar surface area (TPSA) is 90.9 Å². The Bertz CT molecular complexity index is 792. The molecule has 7 nitrogen and oxygen atoms in total. The highest BCUT2D eigenvalue weighted by molar-refractivity contribution is 8.27. The molecule has 2 heterocycles. The van der Waals surface area contributed by atoms with Gasteiger partial charge in [0.15, 0.2) is 17.3 Å². The summed E-state index contributed by atoms with van der Waals surface area (Å²) in [6, 6.07) is 4.73. The monoisotopic (exact) mass is 379 g/mol. The molecule has 0 aliphatic carbocycles. The SMILES string of the molecule is COC(=O)CNC(=O)C(C(=O)c1ccc2c(c1)OCO2)=C1SC=CS1. The third-order valence-corrected chi connectivity index (χ3v) is 5.45. The van der Waals surface area contributed by atoms with Gasteiger partial charge in [-0.3, -0.25) is 14.4 Å². The van der Waals surface area contributed by atoms with E-state index in [0.29, 0.717) is 21.3 Å². The van der Waals surface area contributed by atoms with E-state index in [4.69, 9.17) is 9.47 Å². The number of methoxy groups -OCH3 is 1. The molecule has 0 radical (unpaired) electrons. The summed E-state index contributed by atoms with van der Waals surface area (Å²) in [5.41, 5.74) is 0.274. The van der Waals surface area contributed by atoms with Crippen LogP contribution in [0.4, 0.5) is 0 Å². The minimum absolute atomic E-state index is 0.0252. The Morgan fingerprint density at radius 3 is 2.60 bits per heavy atom. The molecule has 2 aliphatic rings. The number of amides is 1. The minimum Gasteiger partial charge on any atom is -0.468 e. The molecule has 0 spiro atoms. The van der Waals surface area contributed by atoms with Crippen LogP contribution >= 0.6 is 23.5 Å². The second kappa shape index (κ2) is 7.66. The number of fused-ring (bicyclic) bond motifs is 1. The molecule has 0 atom stereocenters. The third-order valence-electron chi connectivity index (χ3n) is 3.32. The van der Waals surface area contributed by atoms with Gasteiger partial charge in [-0.1, -0.05) is 23.5 Å². The molecular weight excluding hydrogens is 366 g/mol. The molecule has 1 aromatic carbocycles. The van der Waals surface area contributed by atoms with Crippen molar-refractivity contribution in [3.63, 3.8) is 0 Å². The average molecular weight is 379 g/mol. The molecule has 1 amide bonds. The van der Waals surface area contributed by atoms with Gasteiger partial charge in [-0.2, -0.15) is 0 Å². The first-order valence-electron chi connectivity index (χ1n) is 7.12. The van der Waals surface area contributed by atoms with Gasteiger partial charge in [-0.05, 0) is 29.0 Å². The van der Waals surface area contributed by atoms with Crippen LogP contribution in [0.3, 0.4) is 0 Å². The van der Waals surface area contributed by atoms with Gasteiger partial charge < -0.3 is 19.5 Å². The molecule has 2 aliphatic heterocycles. The van der Waals surface area contributed by atoms with Crippen LogP contribution in [0, 0.1) is 0 Å². The highest BCUT2D eigenvalue weighted by Gasteiger charge is 2.27. The van der Waals surface area contributed by atoms with Crippen molar-refractivity contribution in [2.24, 2.45) is 0 Å². The van der Waals surface area contributed by atoms with Gasteiger partial charge in [-0.25, -0.2) is 0 Å². The molecule has 0 bridgehead atoms. The molecule has 1 aromatic rings. The molecule has 1 N–H and O–H groups in total. The van der Waals surface area contributed by atoms with E-state index in [-0.39, 0.29) is 18.9 Å². The standard InChI is InChI=1S/C16H13NO6S2/c1-21-12(18)7-17-15(20)13(16-24-4-5-25-16)14(19)9-2-3-10-11(6-9)23-8-22-10/h2-6H,7-8H2,1H3,(H,17,20). The maximum Gasteiger partial charge on any atom is 0.325 e. The number of hydrogen-bond acceptors (Lipinski definition) is 8. The van der Waals surface area contributed by atoms with Crippen molar-refractivity contribution < 1.29 is 28.6 Å². The Morgan fingerprint density at radius 2 is 1.88 bits per heavy atom. The van der Waals surface area contributed by atoms with E-state index in [1.54, 1.807) is 22.9 Å². The number of rotatable bonds is 5. The van der Waals surface area contributed by atoms with Gasteiger partial charge in [0.05, 0.1) is 11.3 Å². The van der Waals surface area contributed by atoms with E-state index < -0.39 is 17.7 Å². The molecule has 0 aromatic heterocycles. The third kappa shape index (κ3) is 3.83. The first-order valence-corrected chi connectivity index (χ1v) is 8.88. The van der Waals surface area contributed by atoms with Crippen LogP contribution < -0.4 is 14.8 Å². The fraction of sp³-hybridized carbons (Fsp3) is 0.188. The van der Waals surface area contributed by atoms with Crippen molar-refractivity contribution in [2.75, 3.05) is 20.4 Å². The van der Waals surface area contributed by atoms with E-state index >= 15 is 0 Å². The Hall–Kier alpha value is -2.39. The Balaban J connectivity index is 1.87. The van der Waals surface area contributed by atoms with Crippen LogP contribution in [0.2, 0.25) is 0 Å². The van der Waals surface area contributed by atoms with Gasteiger partial charge in [0, 0.05) is 5.56 Å². The van der Waals surface area contributed by atoms with Crippen molar-refractivity contribution in [2.45, 2.75) is 0 Å². The molecule has 0 saturated carbocycles. The number of ketones is 1. The Labute approximate surface area is 151 Å². The van der Waals surface area contributed by atoms with Crippen LogP contribution in [-0.4, -0.2) is 38.1 Å². The van der Waals surface area contributed by atoms with Gasteiger partial charge in [0.1, 0.15) is 12.1 Å². The maximum absolute atomic E-state index is 12.9. The van der Waals surface area contributed by atoms with Crippen LogP contribution in [0.15, 0.2) is 38.8 Å². The van der Waals surface area contributed by atoms with Crippen LogP contribution in [-0.2, 0) is 14.3 Å². The zero-order chi connectivity index (χ0) is 17.8. The fourth-order valence-corrected chi connectivity index (χ4v) is 3.96. The van der Waals surface area contributed by atoms with E-state index in [1.807, 2.05) is 0 Å². The van der Waals surface area contributed by atoms with E-state index in [0.717, 1.165) is 0 Å². The lowest BCUT2D eigenvalue weighted by Gasteiger charge is -2.10. The summed E-state index contributed by atoms with van der Waals surface area (Å²) < 4.78 is 15.5. The summed E-state index contributed by atoms with van der Waals surface area (Å²) in [4.78, 5) is 36.6. The van der Waals surface area contributed by atoms with Crippen molar-refractivity contribution in [3.05, 3.63) is 44.4 Å². The predicted molar refractivity (Wildman–Crippen MR) is 93.3 cm³/mol. The number of carbonyl (C=O) groups is 3. The first kappa shape index (κ1) is 17.4. The highest BCUT2D eigenvalue weighted by atomic mass is 32.2. The first-order chi connectivity index (χ1) is 12.1. The van der Waals surface area contributed by atoms with E-state index in [1.165, 1.54) is 36.7 Å². The fourth-order valence-electron chi connectivity index (χ4n) is 2.11. The largest absolute Gasteiger partial charge is 0.468 e. The zero-order valence-electron chi connectivity index (χ0n) is 13.1.